The van der Waals surface area contributed by atoms with Gasteiger partial charge in [0.2, 0.25) is 0 Å². The molecule has 3 heteroatoms. The van der Waals surface area contributed by atoms with Crippen LogP contribution < -0.4 is 0 Å². The van der Waals surface area contributed by atoms with E-state index in [0.717, 1.165) is 12.8 Å². The minimum Gasteiger partial charge on any atom is -0.465 e. The average Bonchev–Trinajstić information content (AvgIpc) is 1.89. The highest BCUT2D eigenvalue weighted by Gasteiger charge is 1.95. The van der Waals surface area contributed by atoms with Crippen molar-refractivity contribution in [2.24, 2.45) is 0 Å². The zero-order valence-electron chi connectivity index (χ0n) is 5.55. The number of unbranched alkanes of at least 4 members (excludes halogenated alkanes) is 1. The summed E-state index contributed by atoms with van der Waals surface area (Å²) in [5.41, 5.74) is 0. The second-order valence-electron chi connectivity index (χ2n) is 1.72. The van der Waals surface area contributed by atoms with E-state index in [2.05, 4.69) is 17.4 Å². The first-order valence-electron chi connectivity index (χ1n) is 3.05. The predicted octanol–water partition coefficient (Wildman–Crippen LogP) is 1.53. The maximum atomic E-state index is 10.4. The van der Waals surface area contributed by atoms with Crippen molar-refractivity contribution in [1.29, 1.82) is 0 Å². The normalized spacial score (nSPS) is 9.11. The molecule has 9 heavy (non-hydrogen) atoms. The van der Waals surface area contributed by atoms with Crippen molar-refractivity contribution in [3.63, 3.8) is 0 Å². The monoisotopic (exact) mass is 147 g/mol. The highest BCUT2D eigenvalue weighted by atomic mass is 32.1. The number of esters is 1. The molecule has 53 valence electrons. The maximum Gasteiger partial charge on any atom is 0.316 e. The number of ether oxygens (including phenoxy) is 1. The summed E-state index contributed by atoms with van der Waals surface area (Å²) in [6.45, 7) is 2.56. The largest absolute Gasteiger partial charge is 0.465 e. The molecular weight excluding hydrogens is 136 g/mol. The quantitative estimate of drug-likeness (QED) is 0.445. The lowest BCUT2D eigenvalue weighted by Gasteiger charge is -1.98. The van der Waals surface area contributed by atoms with Crippen molar-refractivity contribution >= 4 is 18.6 Å². The van der Waals surface area contributed by atoms with Crippen LogP contribution in [0.4, 0.5) is 0 Å². The molecule has 0 spiro atoms. The number of hydrogen-bond donors (Lipinski definition) is 0. The van der Waals surface area contributed by atoms with Crippen LogP contribution in [-0.2, 0) is 9.53 Å². The van der Waals surface area contributed by atoms with Gasteiger partial charge in [0, 0.05) is 0 Å². The topological polar surface area (TPSA) is 26.3 Å². The van der Waals surface area contributed by atoms with Gasteiger partial charge in [-0.15, -0.1) is 0 Å². The second-order valence-corrected chi connectivity index (χ2v) is 2.01. The van der Waals surface area contributed by atoms with E-state index in [1.807, 2.05) is 6.92 Å². The van der Waals surface area contributed by atoms with Gasteiger partial charge in [-0.25, -0.2) is 0 Å². The Morgan fingerprint density at radius 1 is 1.67 bits per heavy atom. The van der Waals surface area contributed by atoms with Crippen LogP contribution in [0, 0.1) is 0 Å². The Morgan fingerprint density at radius 2 is 2.33 bits per heavy atom. The predicted molar refractivity (Wildman–Crippen MR) is 38.3 cm³/mol. The third-order valence-corrected chi connectivity index (χ3v) is 1.11. The van der Waals surface area contributed by atoms with Crippen molar-refractivity contribution in [2.45, 2.75) is 19.8 Å². The smallest absolute Gasteiger partial charge is 0.316 e. The number of hydrogen-bond acceptors (Lipinski definition) is 2. The summed E-state index contributed by atoms with van der Waals surface area (Å²) in [6, 6.07) is 0. The van der Waals surface area contributed by atoms with Gasteiger partial charge in [0.1, 0.15) is 5.75 Å². The van der Waals surface area contributed by atoms with Crippen LogP contribution in [0.25, 0.3) is 0 Å². The van der Waals surface area contributed by atoms with E-state index in [4.69, 9.17) is 0 Å². The number of carbonyl (C=O) groups excluding carboxylic acids is 1. The lowest BCUT2D eigenvalue weighted by atomic mass is 10.4. The van der Waals surface area contributed by atoms with E-state index in [1.54, 1.807) is 0 Å². The zero-order valence-corrected chi connectivity index (χ0v) is 6.37. The molecule has 0 aliphatic rings. The summed E-state index contributed by atoms with van der Waals surface area (Å²) in [7, 11) is 0. The van der Waals surface area contributed by atoms with Crippen LogP contribution in [0.3, 0.4) is 0 Å². The molecule has 0 saturated heterocycles. The Labute approximate surface area is 61.0 Å². The SMILES string of the molecule is CCCCOC(=O)C[S]. The van der Waals surface area contributed by atoms with Crippen molar-refractivity contribution in [3.05, 3.63) is 0 Å². The molecule has 0 heterocycles. The summed E-state index contributed by atoms with van der Waals surface area (Å²) >= 11 is 4.45. The molecule has 0 aliphatic heterocycles. The summed E-state index contributed by atoms with van der Waals surface area (Å²) in [5.74, 6) is -0.206. The molecule has 0 rings (SSSR count). The Hall–Kier alpha value is -0.180. The Balaban J connectivity index is 2.97. The molecule has 0 amide bonds. The van der Waals surface area contributed by atoms with E-state index >= 15 is 0 Å². The van der Waals surface area contributed by atoms with Crippen LogP contribution in [0.15, 0.2) is 0 Å². The molecule has 0 aliphatic carbocycles. The average molecular weight is 147 g/mol. The third kappa shape index (κ3) is 5.69. The van der Waals surface area contributed by atoms with Gasteiger partial charge in [0.05, 0.1) is 6.61 Å². The lowest BCUT2D eigenvalue weighted by Crippen LogP contribution is -2.06. The van der Waals surface area contributed by atoms with Gasteiger partial charge >= 0.3 is 5.97 Å². The Morgan fingerprint density at radius 3 is 2.78 bits per heavy atom. The fourth-order valence-electron chi connectivity index (χ4n) is 0.372. The summed E-state index contributed by atoms with van der Waals surface area (Å²) in [5, 5.41) is 0. The van der Waals surface area contributed by atoms with E-state index in [0.29, 0.717) is 6.61 Å². The first-order chi connectivity index (χ1) is 4.31. The maximum absolute atomic E-state index is 10.4. The van der Waals surface area contributed by atoms with Crippen LogP contribution in [-0.4, -0.2) is 18.3 Å². The second kappa shape index (κ2) is 5.95. The van der Waals surface area contributed by atoms with E-state index in [-0.39, 0.29) is 11.7 Å². The minimum atomic E-state index is -0.279. The summed E-state index contributed by atoms with van der Waals surface area (Å²) < 4.78 is 4.69. The Kier molecular flexibility index (Phi) is 5.83. The van der Waals surface area contributed by atoms with Crippen LogP contribution in [0.2, 0.25) is 0 Å². The fraction of sp³-hybridized carbons (Fsp3) is 0.833. The first-order valence-corrected chi connectivity index (χ1v) is 3.62. The first kappa shape index (κ1) is 8.82. The molecule has 2 nitrogen and oxygen atoms in total. The molecule has 0 N–H and O–H groups in total. The molecule has 0 fully saturated rings. The van der Waals surface area contributed by atoms with Crippen LogP contribution in [0.5, 0.6) is 0 Å². The highest BCUT2D eigenvalue weighted by molar-refractivity contribution is 7.81. The third-order valence-electron chi connectivity index (χ3n) is 0.879. The molecule has 0 unspecified atom stereocenters. The van der Waals surface area contributed by atoms with Gasteiger partial charge in [0.25, 0.3) is 0 Å². The van der Waals surface area contributed by atoms with Gasteiger partial charge in [-0.2, -0.15) is 0 Å². The molecular formula is C6H11O2S. The summed E-state index contributed by atoms with van der Waals surface area (Å²) in [6.07, 6.45) is 1.98. The fourth-order valence-corrected chi connectivity index (χ4v) is 0.455. The molecule has 0 bridgehead atoms. The molecule has 0 aromatic rings. The standard InChI is InChI=1S/C6H11O2S/c1-2-3-4-8-6(7)5-9/h2-5H2,1H3. The number of carbonyl (C=O) groups is 1. The highest BCUT2D eigenvalue weighted by Crippen LogP contribution is 1.89. The zero-order chi connectivity index (χ0) is 7.11. The molecule has 1 radical (unpaired) electrons. The van der Waals surface area contributed by atoms with Crippen molar-refractivity contribution in [2.75, 3.05) is 12.4 Å². The van der Waals surface area contributed by atoms with Gasteiger partial charge in [-0.05, 0) is 6.42 Å². The van der Waals surface area contributed by atoms with Crippen molar-refractivity contribution in [1.82, 2.24) is 0 Å². The van der Waals surface area contributed by atoms with E-state index < -0.39 is 0 Å². The van der Waals surface area contributed by atoms with Crippen LogP contribution in [0.1, 0.15) is 19.8 Å². The summed E-state index contributed by atoms with van der Waals surface area (Å²) in [4.78, 5) is 10.4. The molecule has 0 atom stereocenters. The van der Waals surface area contributed by atoms with Gasteiger partial charge in [-0.1, -0.05) is 26.0 Å². The molecule has 0 saturated carbocycles. The molecule has 0 aromatic heterocycles. The van der Waals surface area contributed by atoms with Crippen LogP contribution >= 0.6 is 12.6 Å². The van der Waals surface area contributed by atoms with Crippen molar-refractivity contribution in [3.8, 4) is 0 Å². The van der Waals surface area contributed by atoms with Gasteiger partial charge in [0.15, 0.2) is 0 Å². The van der Waals surface area contributed by atoms with E-state index in [1.165, 1.54) is 0 Å². The minimum absolute atomic E-state index is 0.0731. The Bertz CT molecular complexity index is 83.1. The number of rotatable bonds is 4. The lowest BCUT2D eigenvalue weighted by molar-refractivity contribution is -0.140. The van der Waals surface area contributed by atoms with Gasteiger partial charge in [-0.3, -0.25) is 4.79 Å². The molecule has 0 aromatic carbocycles. The van der Waals surface area contributed by atoms with E-state index in [9.17, 15) is 4.79 Å². The van der Waals surface area contributed by atoms with Crippen molar-refractivity contribution < 1.29 is 9.53 Å². The van der Waals surface area contributed by atoms with Gasteiger partial charge < -0.3 is 4.74 Å².